The third-order valence-electron chi connectivity index (χ3n) is 4.98. The van der Waals surface area contributed by atoms with Crippen LogP contribution in [0.5, 0.6) is 0 Å². The molecule has 4 rings (SSSR count). The number of nitrogens with one attached hydrogen (secondary N) is 3. The van der Waals surface area contributed by atoms with Crippen LogP contribution in [0.1, 0.15) is 21.5 Å². The third-order valence-corrected chi connectivity index (χ3v) is 6.43. The summed E-state index contributed by atoms with van der Waals surface area (Å²) in [5, 5.41) is 9.83. The Labute approximate surface area is 190 Å². The van der Waals surface area contributed by atoms with Crippen LogP contribution in [0.15, 0.2) is 72.8 Å². The second-order valence-electron chi connectivity index (χ2n) is 7.22. The molecule has 0 aliphatic carbocycles. The second-order valence-corrected chi connectivity index (χ2v) is 8.66. The first-order valence-corrected chi connectivity index (χ1v) is 11.5. The number of thioether (sulfide) groups is 1. The van der Waals surface area contributed by atoms with Gasteiger partial charge in [-0.25, -0.2) is 0 Å². The lowest BCUT2D eigenvalue weighted by molar-refractivity contribution is -0.116. The SMILES string of the molecule is O=C(NCc1ccccc1)c1ccc2c(c1)NC(=O)C(CSCc1ccccc1Cl)N2. The van der Waals surface area contributed by atoms with Crippen LogP contribution in [0, 0.1) is 0 Å². The highest BCUT2D eigenvalue weighted by Gasteiger charge is 2.26. The fourth-order valence-electron chi connectivity index (χ4n) is 3.29. The molecule has 3 N–H and O–H groups in total. The van der Waals surface area contributed by atoms with Crippen LogP contribution in [0.4, 0.5) is 11.4 Å². The van der Waals surface area contributed by atoms with Gasteiger partial charge in [0.25, 0.3) is 5.91 Å². The summed E-state index contributed by atoms with van der Waals surface area (Å²) < 4.78 is 0. The molecule has 1 atom stereocenters. The van der Waals surface area contributed by atoms with Crippen molar-refractivity contribution in [3.8, 4) is 0 Å². The maximum atomic E-state index is 12.5. The molecule has 1 aliphatic heterocycles. The third kappa shape index (κ3) is 5.40. The zero-order valence-electron chi connectivity index (χ0n) is 16.7. The Morgan fingerprint density at radius 2 is 1.77 bits per heavy atom. The van der Waals surface area contributed by atoms with Crippen molar-refractivity contribution in [3.05, 3.63) is 94.5 Å². The molecular formula is C24H22ClN3O2S. The van der Waals surface area contributed by atoms with Crippen molar-refractivity contribution in [2.75, 3.05) is 16.4 Å². The summed E-state index contributed by atoms with van der Waals surface area (Å²) in [5.74, 6) is 1.05. The number of benzene rings is 3. The highest BCUT2D eigenvalue weighted by molar-refractivity contribution is 7.98. The average molecular weight is 452 g/mol. The number of amides is 2. The number of carbonyl (C=O) groups excluding carboxylic acids is 2. The predicted molar refractivity (Wildman–Crippen MR) is 128 cm³/mol. The van der Waals surface area contributed by atoms with Gasteiger partial charge in [-0.15, -0.1) is 0 Å². The lowest BCUT2D eigenvalue weighted by Gasteiger charge is -2.27. The van der Waals surface area contributed by atoms with Crippen molar-refractivity contribution in [2.45, 2.75) is 18.3 Å². The molecule has 1 unspecified atom stereocenters. The molecule has 3 aromatic rings. The van der Waals surface area contributed by atoms with E-state index in [-0.39, 0.29) is 17.9 Å². The van der Waals surface area contributed by atoms with Crippen molar-refractivity contribution in [1.29, 1.82) is 0 Å². The second kappa shape index (κ2) is 9.90. The molecule has 158 valence electrons. The van der Waals surface area contributed by atoms with E-state index in [1.54, 1.807) is 23.9 Å². The van der Waals surface area contributed by atoms with Gasteiger partial charge in [0.05, 0.1) is 11.4 Å². The molecular weight excluding hydrogens is 430 g/mol. The van der Waals surface area contributed by atoms with Crippen LogP contribution in [0.3, 0.4) is 0 Å². The van der Waals surface area contributed by atoms with Crippen LogP contribution in [0.2, 0.25) is 5.02 Å². The number of carbonyl (C=O) groups is 2. The molecule has 0 saturated carbocycles. The van der Waals surface area contributed by atoms with Crippen LogP contribution in [-0.2, 0) is 17.1 Å². The van der Waals surface area contributed by atoms with Gasteiger partial charge in [0.15, 0.2) is 0 Å². The topological polar surface area (TPSA) is 70.2 Å². The zero-order chi connectivity index (χ0) is 21.6. The Bertz CT molecular complexity index is 1090. The molecule has 0 fully saturated rings. The maximum absolute atomic E-state index is 12.5. The Balaban J connectivity index is 1.34. The van der Waals surface area contributed by atoms with Crippen LogP contribution in [0.25, 0.3) is 0 Å². The highest BCUT2D eigenvalue weighted by atomic mass is 35.5. The molecule has 0 radical (unpaired) electrons. The molecule has 0 bridgehead atoms. The predicted octanol–water partition coefficient (Wildman–Crippen LogP) is 4.94. The standard InChI is InChI=1S/C24H22ClN3O2S/c25-19-9-5-4-8-18(19)14-31-15-22-24(30)28-21-12-17(10-11-20(21)27-22)23(29)26-13-16-6-2-1-3-7-16/h1-12,22,27H,13-15H2,(H,26,29)(H,28,30). The van der Waals surface area contributed by atoms with E-state index in [1.165, 1.54) is 0 Å². The summed E-state index contributed by atoms with van der Waals surface area (Å²) in [6.07, 6.45) is 0. The first-order chi connectivity index (χ1) is 15.1. The lowest BCUT2D eigenvalue weighted by Crippen LogP contribution is -2.40. The molecule has 1 aliphatic rings. The average Bonchev–Trinajstić information content (AvgIpc) is 2.79. The van der Waals surface area contributed by atoms with E-state index in [4.69, 9.17) is 11.6 Å². The van der Waals surface area contributed by atoms with E-state index >= 15 is 0 Å². The summed E-state index contributed by atoms with van der Waals surface area (Å²) in [5.41, 5.74) is 4.01. The van der Waals surface area contributed by atoms with E-state index in [0.717, 1.165) is 27.6 Å². The molecule has 3 aromatic carbocycles. The first kappa shape index (κ1) is 21.3. The molecule has 1 heterocycles. The van der Waals surface area contributed by atoms with Crippen molar-refractivity contribution in [1.82, 2.24) is 5.32 Å². The van der Waals surface area contributed by atoms with Crippen LogP contribution >= 0.6 is 23.4 Å². The first-order valence-electron chi connectivity index (χ1n) is 9.95. The summed E-state index contributed by atoms with van der Waals surface area (Å²) in [4.78, 5) is 25.0. The Kier molecular flexibility index (Phi) is 6.79. The van der Waals surface area contributed by atoms with Crippen molar-refractivity contribution < 1.29 is 9.59 Å². The molecule has 0 aromatic heterocycles. The van der Waals surface area contributed by atoms with Gasteiger partial charge in [0.2, 0.25) is 5.91 Å². The largest absolute Gasteiger partial charge is 0.371 e. The fourth-order valence-corrected chi connectivity index (χ4v) is 4.63. The zero-order valence-corrected chi connectivity index (χ0v) is 18.3. The summed E-state index contributed by atoms with van der Waals surface area (Å²) >= 11 is 7.84. The van der Waals surface area contributed by atoms with Gasteiger partial charge in [-0.05, 0) is 35.4 Å². The summed E-state index contributed by atoms with van der Waals surface area (Å²) in [7, 11) is 0. The molecule has 0 saturated heterocycles. The van der Waals surface area contributed by atoms with Gasteiger partial charge in [-0.1, -0.05) is 60.1 Å². The minimum atomic E-state index is -0.349. The monoisotopic (exact) mass is 451 g/mol. The number of rotatable bonds is 7. The van der Waals surface area contributed by atoms with E-state index in [0.29, 0.717) is 23.5 Å². The normalized spacial score (nSPS) is 14.9. The van der Waals surface area contributed by atoms with Crippen molar-refractivity contribution in [2.24, 2.45) is 0 Å². The maximum Gasteiger partial charge on any atom is 0.251 e. The molecule has 5 nitrogen and oxygen atoms in total. The molecule has 2 amide bonds. The number of fused-ring (bicyclic) bond motifs is 1. The number of halogens is 1. The number of hydrogen-bond donors (Lipinski definition) is 3. The van der Waals surface area contributed by atoms with Gasteiger partial charge >= 0.3 is 0 Å². The minimum absolute atomic E-state index is 0.110. The molecule has 0 spiro atoms. The Morgan fingerprint density at radius 1 is 1.00 bits per heavy atom. The summed E-state index contributed by atoms with van der Waals surface area (Å²) in [6, 6.07) is 22.4. The molecule has 7 heteroatoms. The number of anilines is 2. The van der Waals surface area contributed by atoms with E-state index in [2.05, 4.69) is 16.0 Å². The highest BCUT2D eigenvalue weighted by Crippen LogP contribution is 2.29. The van der Waals surface area contributed by atoms with Gasteiger partial charge < -0.3 is 16.0 Å². The van der Waals surface area contributed by atoms with Crippen molar-refractivity contribution in [3.63, 3.8) is 0 Å². The van der Waals surface area contributed by atoms with Crippen LogP contribution in [-0.4, -0.2) is 23.6 Å². The van der Waals surface area contributed by atoms with Crippen molar-refractivity contribution >= 4 is 46.6 Å². The van der Waals surface area contributed by atoms with Crippen LogP contribution < -0.4 is 16.0 Å². The smallest absolute Gasteiger partial charge is 0.251 e. The van der Waals surface area contributed by atoms with Gasteiger partial charge in [0.1, 0.15) is 6.04 Å². The Hall–Kier alpha value is -2.96. The van der Waals surface area contributed by atoms with Gasteiger partial charge in [0, 0.05) is 28.6 Å². The Morgan fingerprint density at radius 3 is 2.58 bits per heavy atom. The van der Waals surface area contributed by atoms with E-state index < -0.39 is 0 Å². The van der Waals surface area contributed by atoms with E-state index in [1.807, 2.05) is 60.7 Å². The minimum Gasteiger partial charge on any atom is -0.371 e. The number of hydrogen-bond acceptors (Lipinski definition) is 4. The quantitative estimate of drug-likeness (QED) is 0.476. The summed E-state index contributed by atoms with van der Waals surface area (Å²) in [6.45, 7) is 0.450. The lowest BCUT2D eigenvalue weighted by atomic mass is 10.1. The fraction of sp³-hybridized carbons (Fsp3) is 0.167. The van der Waals surface area contributed by atoms with E-state index in [9.17, 15) is 9.59 Å². The van der Waals surface area contributed by atoms with Gasteiger partial charge in [-0.2, -0.15) is 11.8 Å². The molecule has 31 heavy (non-hydrogen) atoms. The van der Waals surface area contributed by atoms with Gasteiger partial charge in [-0.3, -0.25) is 9.59 Å².